The Kier molecular flexibility index (Phi) is 5.98. The van der Waals surface area contributed by atoms with Gasteiger partial charge in [0, 0.05) is 42.7 Å². The topological polar surface area (TPSA) is 52.9 Å². The van der Waals surface area contributed by atoms with E-state index in [1.807, 2.05) is 29.2 Å². The van der Waals surface area contributed by atoms with E-state index in [2.05, 4.69) is 29.0 Å². The van der Waals surface area contributed by atoms with E-state index in [9.17, 15) is 4.79 Å². The summed E-state index contributed by atoms with van der Waals surface area (Å²) < 4.78 is 18.4. The number of benzene rings is 2. The SMILES string of the molecule is COc1cc(OC)c(OC)cc1/C=C\C(=O)N1CCn2cccc2[C@H]1c1ccccc1. The number of methoxy groups -OCH3 is 3. The molecule has 160 valence electrons. The van der Waals surface area contributed by atoms with E-state index >= 15 is 0 Å². The van der Waals surface area contributed by atoms with E-state index in [0.717, 1.165) is 23.4 Å². The highest BCUT2D eigenvalue weighted by molar-refractivity contribution is 5.93. The summed E-state index contributed by atoms with van der Waals surface area (Å²) in [5.41, 5.74) is 2.95. The van der Waals surface area contributed by atoms with Crippen LogP contribution in [0.5, 0.6) is 17.2 Å². The van der Waals surface area contributed by atoms with Gasteiger partial charge in [0.2, 0.25) is 5.91 Å². The lowest BCUT2D eigenvalue weighted by Gasteiger charge is -2.36. The maximum atomic E-state index is 13.3. The van der Waals surface area contributed by atoms with Crippen LogP contribution in [-0.4, -0.2) is 43.2 Å². The van der Waals surface area contributed by atoms with E-state index in [4.69, 9.17) is 14.2 Å². The first-order valence-corrected chi connectivity index (χ1v) is 10.1. The Labute approximate surface area is 182 Å². The van der Waals surface area contributed by atoms with Crippen molar-refractivity contribution >= 4 is 12.0 Å². The zero-order valence-corrected chi connectivity index (χ0v) is 17.9. The van der Waals surface area contributed by atoms with Gasteiger partial charge >= 0.3 is 0 Å². The van der Waals surface area contributed by atoms with Gasteiger partial charge in [-0.05, 0) is 29.8 Å². The fraction of sp³-hybridized carbons (Fsp3) is 0.240. The van der Waals surface area contributed by atoms with Crippen LogP contribution in [0, 0.1) is 0 Å². The van der Waals surface area contributed by atoms with Crippen molar-refractivity contribution in [3.05, 3.63) is 83.7 Å². The average molecular weight is 418 g/mol. The Morgan fingerprint density at radius 2 is 1.61 bits per heavy atom. The number of ether oxygens (including phenoxy) is 3. The summed E-state index contributed by atoms with van der Waals surface area (Å²) in [4.78, 5) is 15.2. The highest BCUT2D eigenvalue weighted by atomic mass is 16.5. The first kappa shape index (κ1) is 20.6. The number of aromatic nitrogens is 1. The number of carbonyl (C=O) groups is 1. The number of hydrogen-bond donors (Lipinski definition) is 0. The van der Waals surface area contributed by atoms with Gasteiger partial charge in [-0.1, -0.05) is 30.3 Å². The molecule has 6 nitrogen and oxygen atoms in total. The van der Waals surface area contributed by atoms with Gasteiger partial charge in [0.05, 0.1) is 27.4 Å². The molecule has 1 aliphatic heterocycles. The first-order chi connectivity index (χ1) is 15.2. The number of nitrogens with zero attached hydrogens (tertiary/aromatic N) is 2. The number of rotatable bonds is 6. The molecule has 4 rings (SSSR count). The Morgan fingerprint density at radius 1 is 0.903 bits per heavy atom. The molecule has 2 aromatic carbocycles. The van der Waals surface area contributed by atoms with Gasteiger partial charge in [0.1, 0.15) is 5.75 Å². The Morgan fingerprint density at radius 3 is 2.32 bits per heavy atom. The molecule has 1 atom stereocenters. The molecule has 31 heavy (non-hydrogen) atoms. The molecule has 0 saturated heterocycles. The molecule has 1 aromatic heterocycles. The van der Waals surface area contributed by atoms with Crippen molar-refractivity contribution in [2.45, 2.75) is 12.6 Å². The van der Waals surface area contributed by atoms with Crippen molar-refractivity contribution < 1.29 is 19.0 Å². The van der Waals surface area contributed by atoms with Crippen LogP contribution in [0.4, 0.5) is 0 Å². The molecule has 0 bridgehead atoms. The number of amides is 1. The smallest absolute Gasteiger partial charge is 0.247 e. The van der Waals surface area contributed by atoms with Crippen LogP contribution in [0.3, 0.4) is 0 Å². The van der Waals surface area contributed by atoms with Crippen molar-refractivity contribution in [1.29, 1.82) is 0 Å². The summed E-state index contributed by atoms with van der Waals surface area (Å²) >= 11 is 0. The van der Waals surface area contributed by atoms with E-state index in [0.29, 0.717) is 23.8 Å². The second kappa shape index (κ2) is 9.00. The second-order valence-electron chi connectivity index (χ2n) is 7.25. The van der Waals surface area contributed by atoms with Gasteiger partial charge in [-0.25, -0.2) is 0 Å². The molecular weight excluding hydrogens is 392 g/mol. The summed E-state index contributed by atoms with van der Waals surface area (Å²) in [7, 11) is 4.74. The largest absolute Gasteiger partial charge is 0.496 e. The molecule has 0 spiro atoms. The lowest BCUT2D eigenvalue weighted by atomic mass is 9.99. The highest BCUT2D eigenvalue weighted by Crippen LogP contribution is 2.36. The minimum absolute atomic E-state index is 0.0573. The van der Waals surface area contributed by atoms with Gasteiger partial charge in [-0.15, -0.1) is 0 Å². The molecule has 0 saturated carbocycles. The maximum absolute atomic E-state index is 13.3. The third-order valence-corrected chi connectivity index (χ3v) is 5.58. The van der Waals surface area contributed by atoms with Crippen LogP contribution in [-0.2, 0) is 11.3 Å². The van der Waals surface area contributed by atoms with Gasteiger partial charge in [-0.3, -0.25) is 4.79 Å². The number of hydrogen-bond acceptors (Lipinski definition) is 4. The molecule has 3 aromatic rings. The summed E-state index contributed by atoms with van der Waals surface area (Å²) in [6.45, 7) is 1.40. The third kappa shape index (κ3) is 4.01. The van der Waals surface area contributed by atoms with Crippen molar-refractivity contribution in [2.75, 3.05) is 27.9 Å². The van der Waals surface area contributed by atoms with Crippen LogP contribution < -0.4 is 14.2 Å². The molecular formula is C25H26N2O4. The zero-order valence-electron chi connectivity index (χ0n) is 17.9. The predicted molar refractivity (Wildman–Crippen MR) is 120 cm³/mol. The van der Waals surface area contributed by atoms with Crippen LogP contribution in [0.1, 0.15) is 22.9 Å². The van der Waals surface area contributed by atoms with Gasteiger partial charge in [-0.2, -0.15) is 0 Å². The van der Waals surface area contributed by atoms with Gasteiger partial charge in [0.25, 0.3) is 0 Å². The molecule has 1 aliphatic rings. The standard InChI is InChI=1S/C25H26N2O4/c1-29-21-17-23(31-3)22(30-2)16-19(21)11-12-24(28)27-15-14-26-13-7-10-20(26)25(27)18-8-5-4-6-9-18/h4-13,16-17,25H,14-15H2,1-3H3/b12-11-/t25-/m1/s1. The molecule has 0 unspecified atom stereocenters. The molecule has 0 radical (unpaired) electrons. The molecule has 0 N–H and O–H groups in total. The second-order valence-corrected chi connectivity index (χ2v) is 7.25. The van der Waals surface area contributed by atoms with Crippen molar-refractivity contribution in [2.24, 2.45) is 0 Å². The monoisotopic (exact) mass is 418 g/mol. The molecule has 2 heterocycles. The molecule has 0 aliphatic carbocycles. The van der Waals surface area contributed by atoms with Gasteiger partial charge in [0.15, 0.2) is 11.5 Å². The summed E-state index contributed by atoms with van der Waals surface area (Å²) in [5.74, 6) is 1.70. The van der Waals surface area contributed by atoms with Crippen molar-refractivity contribution in [1.82, 2.24) is 9.47 Å². The van der Waals surface area contributed by atoms with E-state index < -0.39 is 0 Å². The fourth-order valence-corrected chi connectivity index (χ4v) is 4.05. The lowest BCUT2D eigenvalue weighted by Crippen LogP contribution is -2.41. The van der Waals surface area contributed by atoms with Gasteiger partial charge < -0.3 is 23.7 Å². The average Bonchev–Trinajstić information content (AvgIpc) is 3.30. The summed E-state index contributed by atoms with van der Waals surface area (Å²) in [6.07, 6.45) is 5.43. The quantitative estimate of drug-likeness (QED) is 0.564. The Hall–Kier alpha value is -3.67. The summed E-state index contributed by atoms with van der Waals surface area (Å²) in [6, 6.07) is 17.7. The fourth-order valence-electron chi connectivity index (χ4n) is 4.05. The van der Waals surface area contributed by atoms with Crippen molar-refractivity contribution in [3.63, 3.8) is 0 Å². The number of carbonyl (C=O) groups excluding carboxylic acids is 1. The van der Waals surface area contributed by atoms with Crippen LogP contribution >= 0.6 is 0 Å². The minimum atomic E-state index is -0.130. The summed E-state index contributed by atoms with van der Waals surface area (Å²) in [5, 5.41) is 0. The van der Waals surface area contributed by atoms with Crippen molar-refractivity contribution in [3.8, 4) is 17.2 Å². The molecule has 1 amide bonds. The normalized spacial score (nSPS) is 15.6. The minimum Gasteiger partial charge on any atom is -0.496 e. The molecule has 0 fully saturated rings. The Balaban J connectivity index is 1.66. The molecule has 6 heteroatoms. The Bertz CT molecular complexity index is 1090. The van der Waals surface area contributed by atoms with E-state index in [1.54, 1.807) is 45.6 Å². The number of fused-ring (bicyclic) bond motifs is 1. The lowest BCUT2D eigenvalue weighted by molar-refractivity contribution is -0.128. The predicted octanol–water partition coefficient (Wildman–Crippen LogP) is 4.16. The van der Waals surface area contributed by atoms with Crippen LogP contribution in [0.25, 0.3) is 6.08 Å². The van der Waals surface area contributed by atoms with Crippen LogP contribution in [0.2, 0.25) is 0 Å². The maximum Gasteiger partial charge on any atom is 0.247 e. The highest BCUT2D eigenvalue weighted by Gasteiger charge is 2.31. The zero-order chi connectivity index (χ0) is 21.8. The van der Waals surface area contributed by atoms with Crippen LogP contribution in [0.15, 0.2) is 66.9 Å². The van der Waals surface area contributed by atoms with E-state index in [1.165, 1.54) is 0 Å². The third-order valence-electron chi connectivity index (χ3n) is 5.58. The van der Waals surface area contributed by atoms with E-state index in [-0.39, 0.29) is 11.9 Å². The first-order valence-electron chi connectivity index (χ1n) is 10.1.